The summed E-state index contributed by atoms with van der Waals surface area (Å²) in [7, 11) is 0. The van der Waals surface area contributed by atoms with Crippen LogP contribution in [-0.2, 0) is 11.2 Å². The molecule has 3 rings (SSSR count). The lowest BCUT2D eigenvalue weighted by Gasteiger charge is -2.06. The molecule has 1 N–H and O–H groups in total. The van der Waals surface area contributed by atoms with Gasteiger partial charge in [-0.2, -0.15) is 16.3 Å². The Hall–Kier alpha value is -2.47. The van der Waals surface area contributed by atoms with E-state index in [4.69, 9.17) is 4.52 Å². The molecular formula is C16H15N3O2S. The van der Waals surface area contributed by atoms with Crippen LogP contribution in [-0.4, -0.2) is 16.0 Å². The largest absolute Gasteiger partial charge is 0.339 e. The quantitative estimate of drug-likeness (QED) is 0.780. The van der Waals surface area contributed by atoms with Crippen molar-refractivity contribution in [1.29, 1.82) is 0 Å². The Bertz CT molecular complexity index is 765. The van der Waals surface area contributed by atoms with Crippen LogP contribution in [0.2, 0.25) is 0 Å². The Kier molecular flexibility index (Phi) is 4.29. The number of benzene rings is 1. The van der Waals surface area contributed by atoms with Gasteiger partial charge in [0, 0.05) is 29.5 Å². The van der Waals surface area contributed by atoms with Crippen molar-refractivity contribution in [3.8, 4) is 11.4 Å². The van der Waals surface area contributed by atoms with E-state index in [0.717, 1.165) is 16.8 Å². The van der Waals surface area contributed by atoms with Crippen molar-refractivity contribution in [2.75, 3.05) is 5.32 Å². The van der Waals surface area contributed by atoms with Gasteiger partial charge in [0.15, 0.2) is 0 Å². The molecule has 1 aromatic carbocycles. The highest BCUT2D eigenvalue weighted by molar-refractivity contribution is 7.08. The number of nitrogens with one attached hydrogen (secondary N) is 1. The van der Waals surface area contributed by atoms with Crippen LogP contribution in [0, 0.1) is 6.92 Å². The Labute approximate surface area is 132 Å². The summed E-state index contributed by atoms with van der Waals surface area (Å²) in [6.45, 7) is 1.96. The lowest BCUT2D eigenvalue weighted by molar-refractivity contribution is -0.116. The molecule has 3 aromatic rings. The summed E-state index contributed by atoms with van der Waals surface area (Å²) in [5, 5.41) is 10.7. The highest BCUT2D eigenvalue weighted by atomic mass is 32.1. The Morgan fingerprint density at radius 1 is 1.32 bits per heavy atom. The molecule has 112 valence electrons. The molecule has 0 saturated heterocycles. The molecule has 0 spiro atoms. The maximum absolute atomic E-state index is 12.0. The van der Waals surface area contributed by atoms with E-state index < -0.39 is 0 Å². The molecular weight excluding hydrogens is 298 g/mol. The maximum atomic E-state index is 12.0. The van der Waals surface area contributed by atoms with Crippen molar-refractivity contribution < 1.29 is 9.32 Å². The number of anilines is 1. The Balaban J connectivity index is 1.56. The molecule has 0 fully saturated rings. The second-order valence-corrected chi connectivity index (χ2v) is 5.67. The van der Waals surface area contributed by atoms with Gasteiger partial charge >= 0.3 is 0 Å². The first-order valence-corrected chi connectivity index (χ1v) is 7.87. The number of aromatic nitrogens is 2. The summed E-state index contributed by atoms with van der Waals surface area (Å²) in [6, 6.07) is 9.61. The SMILES string of the molecule is Cc1ccccc1NC(=O)CCc1nc(-c2ccsc2)no1. The van der Waals surface area contributed by atoms with E-state index in [2.05, 4.69) is 15.5 Å². The number of para-hydroxylation sites is 1. The number of carbonyl (C=O) groups is 1. The lowest BCUT2D eigenvalue weighted by Crippen LogP contribution is -2.13. The third kappa shape index (κ3) is 3.40. The monoisotopic (exact) mass is 313 g/mol. The van der Waals surface area contributed by atoms with Crippen molar-refractivity contribution in [1.82, 2.24) is 10.1 Å². The van der Waals surface area contributed by atoms with Crippen molar-refractivity contribution >= 4 is 22.9 Å². The third-order valence-corrected chi connectivity index (χ3v) is 3.92. The fourth-order valence-corrected chi connectivity index (χ4v) is 2.65. The van der Waals surface area contributed by atoms with E-state index in [-0.39, 0.29) is 5.91 Å². The maximum Gasteiger partial charge on any atom is 0.227 e. The number of nitrogens with zero attached hydrogens (tertiary/aromatic N) is 2. The molecule has 2 aromatic heterocycles. The van der Waals surface area contributed by atoms with Gasteiger partial charge in [-0.25, -0.2) is 0 Å². The number of amides is 1. The summed E-state index contributed by atoms with van der Waals surface area (Å²) in [4.78, 5) is 16.3. The first-order chi connectivity index (χ1) is 10.7. The zero-order valence-corrected chi connectivity index (χ0v) is 12.9. The predicted octanol–water partition coefficient (Wildman–Crippen LogP) is 3.68. The third-order valence-electron chi connectivity index (χ3n) is 3.23. The first kappa shape index (κ1) is 14.5. The van der Waals surface area contributed by atoms with Crippen LogP contribution >= 0.6 is 11.3 Å². The number of thiophene rings is 1. The van der Waals surface area contributed by atoms with Crippen LogP contribution in [0.5, 0.6) is 0 Å². The van der Waals surface area contributed by atoms with Crippen LogP contribution in [0.4, 0.5) is 5.69 Å². The molecule has 0 radical (unpaired) electrons. The molecule has 22 heavy (non-hydrogen) atoms. The van der Waals surface area contributed by atoms with Gasteiger partial charge in [0.05, 0.1) is 0 Å². The smallest absolute Gasteiger partial charge is 0.227 e. The van der Waals surface area contributed by atoms with Gasteiger partial charge in [0.25, 0.3) is 0 Å². The van der Waals surface area contributed by atoms with Crippen LogP contribution in [0.3, 0.4) is 0 Å². The van der Waals surface area contributed by atoms with Crippen molar-refractivity contribution in [3.05, 3.63) is 52.5 Å². The molecule has 0 bridgehead atoms. The first-order valence-electron chi connectivity index (χ1n) is 6.93. The summed E-state index contributed by atoms with van der Waals surface area (Å²) in [6.07, 6.45) is 0.731. The van der Waals surface area contributed by atoms with Crippen LogP contribution in [0.15, 0.2) is 45.6 Å². The average Bonchev–Trinajstić information content (AvgIpc) is 3.18. The fraction of sp³-hybridized carbons (Fsp3) is 0.188. The zero-order valence-electron chi connectivity index (χ0n) is 12.1. The number of rotatable bonds is 5. The van der Waals surface area contributed by atoms with Crippen LogP contribution in [0.1, 0.15) is 17.9 Å². The molecule has 5 nitrogen and oxygen atoms in total. The van der Waals surface area contributed by atoms with Gasteiger partial charge in [0.1, 0.15) is 0 Å². The van der Waals surface area contributed by atoms with Crippen LogP contribution < -0.4 is 5.32 Å². The molecule has 2 heterocycles. The van der Waals surface area contributed by atoms with Gasteiger partial charge in [-0.1, -0.05) is 23.4 Å². The fourth-order valence-electron chi connectivity index (χ4n) is 2.01. The van der Waals surface area contributed by atoms with E-state index in [1.807, 2.05) is 48.0 Å². The van der Waals surface area contributed by atoms with Gasteiger partial charge < -0.3 is 9.84 Å². The minimum absolute atomic E-state index is 0.0652. The van der Waals surface area contributed by atoms with Crippen molar-refractivity contribution in [3.63, 3.8) is 0 Å². The number of hydrogen-bond acceptors (Lipinski definition) is 5. The van der Waals surface area contributed by atoms with Gasteiger partial charge in [-0.15, -0.1) is 0 Å². The highest BCUT2D eigenvalue weighted by Gasteiger charge is 2.11. The van der Waals surface area contributed by atoms with E-state index in [1.165, 1.54) is 0 Å². The number of carbonyl (C=O) groups excluding carboxylic acids is 1. The van der Waals surface area contributed by atoms with Crippen molar-refractivity contribution in [2.45, 2.75) is 19.8 Å². The van der Waals surface area contributed by atoms with E-state index in [0.29, 0.717) is 24.6 Å². The molecule has 0 saturated carbocycles. The summed E-state index contributed by atoms with van der Waals surface area (Å²) in [5.41, 5.74) is 2.80. The summed E-state index contributed by atoms with van der Waals surface area (Å²) < 4.78 is 5.18. The topological polar surface area (TPSA) is 68.0 Å². The minimum atomic E-state index is -0.0652. The van der Waals surface area contributed by atoms with Crippen molar-refractivity contribution in [2.24, 2.45) is 0 Å². The minimum Gasteiger partial charge on any atom is -0.339 e. The number of hydrogen-bond donors (Lipinski definition) is 1. The molecule has 0 aliphatic rings. The second kappa shape index (κ2) is 6.53. The van der Waals surface area contributed by atoms with E-state index >= 15 is 0 Å². The summed E-state index contributed by atoms with van der Waals surface area (Å²) >= 11 is 1.58. The second-order valence-electron chi connectivity index (χ2n) is 4.89. The van der Waals surface area contributed by atoms with E-state index in [1.54, 1.807) is 11.3 Å². The van der Waals surface area contributed by atoms with Gasteiger partial charge in [-0.3, -0.25) is 4.79 Å². The Morgan fingerprint density at radius 3 is 2.95 bits per heavy atom. The molecule has 0 aliphatic heterocycles. The number of aryl methyl sites for hydroxylation is 2. The van der Waals surface area contributed by atoms with E-state index in [9.17, 15) is 4.79 Å². The Morgan fingerprint density at radius 2 is 2.18 bits per heavy atom. The highest BCUT2D eigenvalue weighted by Crippen LogP contribution is 2.19. The summed E-state index contributed by atoms with van der Waals surface area (Å²) in [5.74, 6) is 0.973. The molecule has 0 aliphatic carbocycles. The van der Waals surface area contributed by atoms with Gasteiger partial charge in [0.2, 0.25) is 17.6 Å². The molecule has 1 amide bonds. The predicted molar refractivity (Wildman–Crippen MR) is 85.7 cm³/mol. The molecule has 6 heteroatoms. The van der Waals surface area contributed by atoms with Crippen LogP contribution in [0.25, 0.3) is 11.4 Å². The average molecular weight is 313 g/mol. The lowest BCUT2D eigenvalue weighted by atomic mass is 10.2. The molecule has 0 atom stereocenters. The standard InChI is InChI=1S/C16H15N3O2S/c1-11-4-2-3-5-13(11)17-14(20)6-7-15-18-16(19-21-15)12-8-9-22-10-12/h2-5,8-10H,6-7H2,1H3,(H,17,20). The van der Waals surface area contributed by atoms with Gasteiger partial charge in [-0.05, 0) is 30.0 Å². The zero-order chi connectivity index (χ0) is 15.4. The molecule has 0 unspecified atom stereocenters. The normalized spacial score (nSPS) is 10.6.